The zero-order valence-electron chi connectivity index (χ0n) is 13.6. The molecule has 1 aliphatic rings. The minimum atomic E-state index is -1.82. The second-order valence-electron chi connectivity index (χ2n) is 5.77. The predicted molar refractivity (Wildman–Crippen MR) is 86.5 cm³/mol. The Morgan fingerprint density at radius 3 is 2.26 bits per heavy atom. The molecule has 1 saturated heterocycles. The van der Waals surface area contributed by atoms with Crippen LogP contribution in [0, 0.1) is 0 Å². The van der Waals surface area contributed by atoms with Crippen molar-refractivity contribution in [2.45, 2.75) is 45.3 Å². The van der Waals surface area contributed by atoms with E-state index in [1.165, 1.54) is 24.0 Å². The molecule has 3 N–H and O–H groups in total. The van der Waals surface area contributed by atoms with Gasteiger partial charge in [-0.3, -0.25) is 0 Å². The van der Waals surface area contributed by atoms with E-state index >= 15 is 0 Å². The topological polar surface area (TPSA) is 95.9 Å². The first-order chi connectivity index (χ1) is 10.9. The van der Waals surface area contributed by atoms with Gasteiger partial charge in [-0.2, -0.15) is 0 Å². The number of carboxylic acids is 2. The molecule has 6 heteroatoms. The van der Waals surface area contributed by atoms with Crippen LogP contribution in [-0.4, -0.2) is 41.4 Å². The molecule has 1 aliphatic heterocycles. The van der Waals surface area contributed by atoms with Crippen LogP contribution in [0.2, 0.25) is 0 Å². The van der Waals surface area contributed by atoms with Gasteiger partial charge in [0.2, 0.25) is 0 Å². The van der Waals surface area contributed by atoms with E-state index in [0.29, 0.717) is 12.0 Å². The lowest BCUT2D eigenvalue weighted by atomic mass is 10.0. The van der Waals surface area contributed by atoms with Crippen molar-refractivity contribution in [2.75, 3.05) is 13.2 Å². The highest BCUT2D eigenvalue weighted by Gasteiger charge is 2.14. The number of hydrogen-bond acceptors (Lipinski definition) is 4. The van der Waals surface area contributed by atoms with Crippen molar-refractivity contribution in [1.82, 2.24) is 5.32 Å². The molecule has 1 atom stereocenters. The molecule has 128 valence electrons. The summed E-state index contributed by atoms with van der Waals surface area (Å²) in [5.41, 5.74) is 2.76. The second kappa shape index (κ2) is 9.97. The molecule has 1 unspecified atom stereocenters. The van der Waals surface area contributed by atoms with Crippen molar-refractivity contribution < 1.29 is 24.5 Å². The number of hydrogen-bond donors (Lipinski definition) is 3. The van der Waals surface area contributed by atoms with Gasteiger partial charge in [-0.25, -0.2) is 9.59 Å². The molecule has 1 aromatic rings. The van der Waals surface area contributed by atoms with Crippen LogP contribution in [0.4, 0.5) is 0 Å². The van der Waals surface area contributed by atoms with Crippen molar-refractivity contribution in [3.63, 3.8) is 0 Å². The smallest absolute Gasteiger partial charge is 0.414 e. The Kier molecular flexibility index (Phi) is 8.29. The third kappa shape index (κ3) is 7.76. The van der Waals surface area contributed by atoms with Gasteiger partial charge in [-0.1, -0.05) is 38.1 Å². The van der Waals surface area contributed by atoms with E-state index in [1.54, 1.807) is 0 Å². The maximum absolute atomic E-state index is 9.10. The summed E-state index contributed by atoms with van der Waals surface area (Å²) >= 11 is 0. The minimum Gasteiger partial charge on any atom is -0.473 e. The number of rotatable bonds is 5. The monoisotopic (exact) mass is 323 g/mol. The molecule has 0 bridgehead atoms. The van der Waals surface area contributed by atoms with Gasteiger partial charge in [0.05, 0.1) is 6.10 Å². The number of nitrogens with one attached hydrogen (secondary N) is 1. The zero-order chi connectivity index (χ0) is 17.2. The molecule has 0 spiro atoms. The van der Waals surface area contributed by atoms with Crippen LogP contribution in [0.25, 0.3) is 0 Å². The lowest BCUT2D eigenvalue weighted by Gasteiger charge is -2.11. The van der Waals surface area contributed by atoms with Gasteiger partial charge >= 0.3 is 11.9 Å². The summed E-state index contributed by atoms with van der Waals surface area (Å²) in [6.07, 6.45) is 2.86. The highest BCUT2D eigenvalue weighted by atomic mass is 16.5. The summed E-state index contributed by atoms with van der Waals surface area (Å²) in [7, 11) is 0. The first-order valence-corrected chi connectivity index (χ1v) is 7.77. The molecule has 2 rings (SSSR count). The fourth-order valence-electron chi connectivity index (χ4n) is 2.20. The SMILES string of the molecule is CC(C)c1ccc(CNCC2CCCO2)cc1.O=C(O)C(=O)O. The zero-order valence-corrected chi connectivity index (χ0v) is 13.6. The van der Waals surface area contributed by atoms with E-state index in [-0.39, 0.29) is 0 Å². The van der Waals surface area contributed by atoms with Crippen molar-refractivity contribution in [1.29, 1.82) is 0 Å². The maximum Gasteiger partial charge on any atom is 0.414 e. The summed E-state index contributed by atoms with van der Waals surface area (Å²) in [5, 5.41) is 18.2. The van der Waals surface area contributed by atoms with Gasteiger partial charge in [0.15, 0.2) is 0 Å². The quantitative estimate of drug-likeness (QED) is 0.719. The highest BCUT2D eigenvalue weighted by molar-refractivity contribution is 6.27. The Labute approximate surface area is 136 Å². The Balaban J connectivity index is 0.000000379. The lowest BCUT2D eigenvalue weighted by Crippen LogP contribution is -2.25. The third-order valence-corrected chi connectivity index (χ3v) is 3.55. The summed E-state index contributed by atoms with van der Waals surface area (Å²) in [6.45, 7) is 7.31. The van der Waals surface area contributed by atoms with E-state index in [2.05, 4.69) is 43.4 Å². The van der Waals surface area contributed by atoms with Gasteiger partial charge in [0.1, 0.15) is 0 Å². The molecule has 0 aliphatic carbocycles. The average Bonchev–Trinajstić information content (AvgIpc) is 3.01. The van der Waals surface area contributed by atoms with Crippen LogP contribution < -0.4 is 5.32 Å². The first-order valence-electron chi connectivity index (χ1n) is 7.77. The molecule has 1 aromatic carbocycles. The van der Waals surface area contributed by atoms with E-state index in [4.69, 9.17) is 24.5 Å². The Hall–Kier alpha value is -1.92. The predicted octanol–water partition coefficient (Wildman–Crippen LogP) is 2.23. The van der Waals surface area contributed by atoms with Crippen LogP contribution in [0.5, 0.6) is 0 Å². The van der Waals surface area contributed by atoms with E-state index < -0.39 is 11.9 Å². The van der Waals surface area contributed by atoms with Crippen molar-refractivity contribution in [2.24, 2.45) is 0 Å². The summed E-state index contributed by atoms with van der Waals surface area (Å²) in [6, 6.07) is 8.90. The number of ether oxygens (including phenoxy) is 1. The second-order valence-corrected chi connectivity index (χ2v) is 5.77. The fraction of sp³-hybridized carbons (Fsp3) is 0.529. The van der Waals surface area contributed by atoms with Gasteiger partial charge in [-0.05, 0) is 29.9 Å². The molecular formula is C17H25NO5. The Bertz CT molecular complexity index is 480. The van der Waals surface area contributed by atoms with Crippen LogP contribution in [0.1, 0.15) is 43.7 Å². The Morgan fingerprint density at radius 2 is 1.83 bits per heavy atom. The molecular weight excluding hydrogens is 298 g/mol. The number of carboxylic acid groups (broad SMARTS) is 2. The average molecular weight is 323 g/mol. The molecule has 23 heavy (non-hydrogen) atoms. The van der Waals surface area contributed by atoms with Crippen LogP contribution >= 0.6 is 0 Å². The molecule has 0 radical (unpaired) electrons. The van der Waals surface area contributed by atoms with E-state index in [0.717, 1.165) is 19.7 Å². The summed E-state index contributed by atoms with van der Waals surface area (Å²) in [4.78, 5) is 18.2. The molecule has 0 amide bonds. The molecule has 1 fully saturated rings. The van der Waals surface area contributed by atoms with Crippen LogP contribution in [-0.2, 0) is 20.9 Å². The number of benzene rings is 1. The van der Waals surface area contributed by atoms with Gasteiger partial charge in [0.25, 0.3) is 0 Å². The van der Waals surface area contributed by atoms with Crippen molar-refractivity contribution in [3.05, 3.63) is 35.4 Å². The number of carbonyl (C=O) groups is 2. The fourth-order valence-corrected chi connectivity index (χ4v) is 2.20. The van der Waals surface area contributed by atoms with Crippen LogP contribution in [0.3, 0.4) is 0 Å². The lowest BCUT2D eigenvalue weighted by molar-refractivity contribution is -0.159. The van der Waals surface area contributed by atoms with E-state index in [1.807, 2.05) is 0 Å². The van der Waals surface area contributed by atoms with Gasteiger partial charge < -0.3 is 20.3 Å². The molecule has 1 heterocycles. The summed E-state index contributed by atoms with van der Waals surface area (Å²) < 4.78 is 5.58. The third-order valence-electron chi connectivity index (χ3n) is 3.55. The summed E-state index contributed by atoms with van der Waals surface area (Å²) in [5.74, 6) is -3.03. The highest BCUT2D eigenvalue weighted by Crippen LogP contribution is 2.15. The Morgan fingerprint density at radius 1 is 1.22 bits per heavy atom. The first kappa shape index (κ1) is 19.1. The van der Waals surface area contributed by atoms with Gasteiger partial charge in [0, 0.05) is 19.7 Å². The largest absolute Gasteiger partial charge is 0.473 e. The minimum absolute atomic E-state index is 0.435. The van der Waals surface area contributed by atoms with Gasteiger partial charge in [-0.15, -0.1) is 0 Å². The molecule has 0 saturated carbocycles. The van der Waals surface area contributed by atoms with E-state index in [9.17, 15) is 0 Å². The van der Waals surface area contributed by atoms with Crippen molar-refractivity contribution in [3.8, 4) is 0 Å². The number of aliphatic carboxylic acids is 2. The molecule has 0 aromatic heterocycles. The van der Waals surface area contributed by atoms with Crippen molar-refractivity contribution >= 4 is 11.9 Å². The molecule has 6 nitrogen and oxygen atoms in total. The maximum atomic E-state index is 9.10. The standard InChI is InChI=1S/C15H23NO.C2H2O4/c1-12(2)14-7-5-13(6-8-14)10-16-11-15-4-3-9-17-15;3-1(4)2(5)6/h5-8,12,15-16H,3-4,9-11H2,1-2H3;(H,3,4)(H,5,6). The normalized spacial score (nSPS) is 16.7. The van der Waals surface area contributed by atoms with Crippen LogP contribution in [0.15, 0.2) is 24.3 Å².